The average molecular weight is 1240 g/mol. The predicted molar refractivity (Wildman–Crippen MR) is 312 cm³/mol. The number of esters is 1. The Morgan fingerprint density at radius 3 is 1.60 bits per heavy atom. The van der Waals surface area contributed by atoms with Gasteiger partial charge >= 0.3 is 5.97 Å². The Bertz CT molecular complexity index is 2570. The van der Waals surface area contributed by atoms with Gasteiger partial charge in [-0.15, -0.1) is 0 Å². The van der Waals surface area contributed by atoms with Crippen molar-refractivity contribution in [1.29, 1.82) is 0 Å². The van der Waals surface area contributed by atoms with Gasteiger partial charge in [-0.25, -0.2) is 13.6 Å². The molecule has 1 spiro atoms. The van der Waals surface area contributed by atoms with Gasteiger partial charge in [-0.3, -0.25) is 52.7 Å². The molecule has 1 saturated heterocycles. The number of alkyl halides is 2. The highest BCUT2D eigenvalue weighted by atomic mass is 19.3. The number of primary amides is 1. The number of likely N-dealkylation sites (N-methyl/N-ethyl adjacent to an activating group) is 1. The van der Waals surface area contributed by atoms with E-state index in [1.54, 1.807) is 62.4 Å². The number of amides is 11. The van der Waals surface area contributed by atoms with Crippen molar-refractivity contribution >= 4 is 70.9 Å². The van der Waals surface area contributed by atoms with Crippen molar-refractivity contribution in [2.24, 2.45) is 35.3 Å². The van der Waals surface area contributed by atoms with Gasteiger partial charge in [0.05, 0.1) is 19.3 Å². The van der Waals surface area contributed by atoms with Crippen LogP contribution >= 0.6 is 0 Å². The maximum atomic E-state index is 14.4. The number of carbonyl (C=O) groups excluding carboxylic acids is 12. The van der Waals surface area contributed by atoms with E-state index >= 15 is 0 Å². The summed E-state index contributed by atoms with van der Waals surface area (Å²) in [5.41, 5.74) is 4.46. The number of hydrogen-bond acceptors (Lipinski definition) is 16. The molecule has 0 bridgehead atoms. The summed E-state index contributed by atoms with van der Waals surface area (Å²) in [4.78, 5) is 165. The fraction of sp³-hybridized carbons (Fsp3) is 0.690. The molecule has 29 heteroatoms. The summed E-state index contributed by atoms with van der Waals surface area (Å²) in [6.07, 6.45) is -4.72. The second-order valence-electron chi connectivity index (χ2n) is 22.9. The molecule has 0 radical (unpaired) electrons. The Morgan fingerprint density at radius 1 is 0.655 bits per heavy atom. The molecule has 1 aliphatic heterocycles. The molecular weight excluding hydrogens is 1140 g/mol. The Hall–Kier alpha value is -7.40. The van der Waals surface area contributed by atoms with Crippen molar-refractivity contribution in [3.8, 4) is 0 Å². The van der Waals surface area contributed by atoms with Crippen LogP contribution in [0.2, 0.25) is 0 Å². The minimum Gasteiger partial charge on any atom is -0.458 e. The molecule has 87 heavy (non-hydrogen) atoms. The van der Waals surface area contributed by atoms with E-state index in [0.29, 0.717) is 12.8 Å². The van der Waals surface area contributed by atoms with Gasteiger partial charge in [-0.05, 0) is 75.3 Å². The number of halogens is 2. The van der Waals surface area contributed by atoms with Gasteiger partial charge in [0.1, 0.15) is 66.0 Å². The minimum absolute atomic E-state index is 0.184. The third-order valence-corrected chi connectivity index (χ3v) is 16.4. The molecule has 11 amide bonds. The molecular formula is C58H92F2N12O15. The normalized spacial score (nSPS) is 23.5. The molecule has 17 atom stereocenters. The number of benzene rings is 1. The van der Waals surface area contributed by atoms with Crippen LogP contribution in [-0.2, 0) is 68.7 Å². The number of ether oxygens (including phenoxy) is 1. The van der Waals surface area contributed by atoms with E-state index in [4.69, 9.17) is 10.5 Å². The molecule has 15 N–H and O–H groups in total. The average Bonchev–Trinajstić information content (AvgIpc) is 1.65. The first-order valence-corrected chi connectivity index (χ1v) is 29.7. The molecule has 2 fully saturated rings. The van der Waals surface area contributed by atoms with Gasteiger partial charge in [0.2, 0.25) is 71.4 Å². The van der Waals surface area contributed by atoms with E-state index < -0.39 is 212 Å². The zero-order chi connectivity index (χ0) is 65.6. The summed E-state index contributed by atoms with van der Waals surface area (Å²) in [5.74, 6) is -15.0. The van der Waals surface area contributed by atoms with Crippen molar-refractivity contribution in [1.82, 2.24) is 58.5 Å². The highest BCUT2D eigenvalue weighted by Crippen LogP contribution is 2.47. The molecule has 2 unspecified atom stereocenters. The van der Waals surface area contributed by atoms with Crippen LogP contribution in [0.4, 0.5) is 8.78 Å². The summed E-state index contributed by atoms with van der Waals surface area (Å²) < 4.78 is 32.7. The Labute approximate surface area is 506 Å². The van der Waals surface area contributed by atoms with Gasteiger partial charge in [0.25, 0.3) is 0 Å². The minimum atomic E-state index is -2.83. The van der Waals surface area contributed by atoms with E-state index in [0.717, 1.165) is 5.56 Å². The summed E-state index contributed by atoms with van der Waals surface area (Å²) >= 11 is 0. The van der Waals surface area contributed by atoms with Crippen LogP contribution in [0.5, 0.6) is 0 Å². The smallest absolute Gasteiger partial charge is 0.329 e. The largest absolute Gasteiger partial charge is 0.458 e. The molecule has 27 nitrogen and oxygen atoms in total. The SMILES string of the molecule is CC[C@H](C)[C@H](NC(=O)[C@@H](Cc1ccccc1)NC)C(=O)N[C@@H](CO)C(=O)N[C@H](CCC(N)=O)C(=O)N[C@@H](C(=O)N[C@H](C(=O)N[C@@H](CO)C(=O)N[C@H]1C(=O)N[C@@H](C)C(=O)NC2(CC2CC(F)F)C(=O)N[C@@H]([C@@H](C)CC)C(=O)O[C@H]1C)[C@@H](C)CC)[C@@H](C)CC. The fourth-order valence-electron chi connectivity index (χ4n) is 9.70. The van der Waals surface area contributed by atoms with Gasteiger partial charge in [-0.1, -0.05) is 111 Å². The Kier molecular flexibility index (Phi) is 29.6. The molecule has 1 aromatic carbocycles. The second kappa shape index (κ2) is 34.8. The summed E-state index contributed by atoms with van der Waals surface area (Å²) in [6, 6.07) is -5.60. The first-order valence-electron chi connectivity index (χ1n) is 29.7. The lowest BCUT2D eigenvalue weighted by molar-refractivity contribution is -0.157. The fourth-order valence-corrected chi connectivity index (χ4v) is 9.70. The lowest BCUT2D eigenvalue weighted by Crippen LogP contribution is -2.63. The Balaban J connectivity index is 1.85. The van der Waals surface area contributed by atoms with E-state index in [9.17, 15) is 76.5 Å². The molecule has 1 heterocycles. The summed E-state index contributed by atoms with van der Waals surface area (Å²) in [7, 11) is 1.59. The van der Waals surface area contributed by atoms with Crippen molar-refractivity contribution in [3.63, 3.8) is 0 Å². The van der Waals surface area contributed by atoms with Crippen LogP contribution in [0.25, 0.3) is 0 Å². The van der Waals surface area contributed by atoms with Crippen molar-refractivity contribution in [2.45, 2.75) is 206 Å². The van der Waals surface area contributed by atoms with E-state index in [1.807, 2.05) is 30.3 Å². The number of aliphatic hydroxyl groups is 2. The van der Waals surface area contributed by atoms with Crippen molar-refractivity contribution < 1.29 is 81.3 Å². The van der Waals surface area contributed by atoms with Gasteiger partial charge in [0.15, 0.2) is 0 Å². The van der Waals surface area contributed by atoms with Gasteiger partial charge in [-0.2, -0.15) is 0 Å². The first kappa shape index (κ1) is 73.9. The number of nitrogens with two attached hydrogens (primary N) is 1. The van der Waals surface area contributed by atoms with Crippen LogP contribution in [-0.4, -0.2) is 180 Å². The molecule has 2 aliphatic rings. The van der Waals surface area contributed by atoms with Crippen LogP contribution in [0.15, 0.2) is 30.3 Å². The maximum absolute atomic E-state index is 14.4. The van der Waals surface area contributed by atoms with Gasteiger partial charge in [0, 0.05) is 12.8 Å². The third-order valence-electron chi connectivity index (χ3n) is 16.4. The predicted octanol–water partition coefficient (Wildman–Crippen LogP) is -1.89. The summed E-state index contributed by atoms with van der Waals surface area (Å²) in [6.45, 7) is 13.7. The van der Waals surface area contributed by atoms with E-state index in [2.05, 4.69) is 58.5 Å². The van der Waals surface area contributed by atoms with Crippen molar-refractivity contribution in [2.75, 3.05) is 20.3 Å². The van der Waals surface area contributed by atoms with Crippen molar-refractivity contribution in [3.05, 3.63) is 35.9 Å². The zero-order valence-corrected chi connectivity index (χ0v) is 51.5. The van der Waals surface area contributed by atoms with Crippen LogP contribution in [0.1, 0.15) is 126 Å². The topological polar surface area (TPSA) is 413 Å². The highest BCUT2D eigenvalue weighted by Gasteiger charge is 2.62. The molecule has 3 rings (SSSR count). The number of nitrogens with one attached hydrogen (secondary N) is 11. The lowest BCUT2D eigenvalue weighted by Gasteiger charge is -2.31. The second-order valence-corrected chi connectivity index (χ2v) is 22.9. The van der Waals surface area contributed by atoms with Crippen LogP contribution in [0, 0.1) is 29.6 Å². The highest BCUT2D eigenvalue weighted by molar-refractivity contribution is 6.01. The lowest BCUT2D eigenvalue weighted by atomic mass is 9.94. The molecule has 1 aliphatic carbocycles. The van der Waals surface area contributed by atoms with Gasteiger partial charge < -0.3 is 79.2 Å². The Morgan fingerprint density at radius 2 is 1.13 bits per heavy atom. The molecule has 1 aromatic rings. The third kappa shape index (κ3) is 21.2. The van der Waals surface area contributed by atoms with E-state index in [-0.39, 0.29) is 25.7 Å². The summed E-state index contributed by atoms with van der Waals surface area (Å²) in [5, 5.41) is 48.8. The van der Waals surface area contributed by atoms with Crippen LogP contribution < -0.4 is 64.2 Å². The number of cyclic esters (lactones) is 1. The maximum Gasteiger partial charge on any atom is 0.329 e. The zero-order valence-electron chi connectivity index (χ0n) is 51.5. The number of aliphatic hydroxyl groups excluding tert-OH is 2. The number of carbonyl (C=O) groups is 12. The number of rotatable bonds is 32. The standard InChI is InChI=1S/C58H92F2N12O15/c1-12-28(5)42(68-49(78)37(62-11)23-34-19-17-16-18-20-34)52(81)65-38(26-73)50(79)64-36(21-22-41(61)75)48(77)67-44(30(7)14-3)54(83)69-43(29(6)13-2)53(82)66-39(27-74)51(80)70-46-33(10)87-56(85)45(31(8)15-4)71-57(86)58(25-35(58)24-40(59)60)72-47(76)32(9)63-55(46)84/h16-20,28-33,35-40,42-46,62,73-74H,12-15,21-27H2,1-11H3,(H2,61,75)(H,63,84)(H,64,79)(H,65,81)(H,66,82)(H,67,77)(H,68,78)(H,69,83)(H,70,80)(H,71,86)(H,72,76)/t28-,29-,30-,31-,32-,33-,35?,36+,37+,38-,39-,42-,43-,44+,45-,46+,58?/m0/s1. The quantitative estimate of drug-likeness (QED) is 0.0351. The van der Waals surface area contributed by atoms with E-state index in [1.165, 1.54) is 13.8 Å². The first-order chi connectivity index (χ1) is 41.0. The monoisotopic (exact) mass is 1230 g/mol. The van der Waals surface area contributed by atoms with Crippen LogP contribution in [0.3, 0.4) is 0 Å². The number of hydrogen-bond donors (Lipinski definition) is 14. The molecule has 488 valence electrons. The molecule has 1 saturated carbocycles. The molecule has 0 aromatic heterocycles.